The first-order valence-corrected chi connectivity index (χ1v) is 6.46. The molecule has 0 aliphatic carbocycles. The second kappa shape index (κ2) is 5.34. The number of hydrogen-bond acceptors (Lipinski definition) is 5. The standard InChI is InChI=1S/C15H14N4O2/c1-9-14(21)11(10(8-20)6-16-9)7-17-15-18-12-4-2-3-5-13(12)19-15/h2-7,20-21H,8H2,1H3,(H,18,19)/b17-7+. The molecule has 0 amide bonds. The lowest BCUT2D eigenvalue weighted by Crippen LogP contribution is -1.97. The van der Waals surface area contributed by atoms with E-state index in [1.807, 2.05) is 24.3 Å². The molecule has 0 fully saturated rings. The van der Waals surface area contributed by atoms with Crippen LogP contribution in [0.4, 0.5) is 5.95 Å². The summed E-state index contributed by atoms with van der Waals surface area (Å²) >= 11 is 0. The quantitative estimate of drug-likeness (QED) is 0.642. The van der Waals surface area contributed by atoms with Gasteiger partial charge in [0, 0.05) is 23.5 Å². The molecule has 3 N–H and O–H groups in total. The van der Waals surface area contributed by atoms with Crippen molar-refractivity contribution in [2.24, 2.45) is 4.99 Å². The van der Waals surface area contributed by atoms with Crippen LogP contribution in [0.1, 0.15) is 16.8 Å². The Bertz CT molecular complexity index is 791. The third-order valence-corrected chi connectivity index (χ3v) is 3.22. The van der Waals surface area contributed by atoms with Crippen LogP contribution in [0.5, 0.6) is 5.75 Å². The molecule has 6 nitrogen and oxygen atoms in total. The number of aliphatic imine (C=N–C) groups is 1. The number of para-hydroxylation sites is 2. The molecule has 0 saturated heterocycles. The van der Waals surface area contributed by atoms with Crippen LogP contribution in [0.15, 0.2) is 35.5 Å². The maximum absolute atomic E-state index is 10.0. The van der Waals surface area contributed by atoms with Gasteiger partial charge in [0.15, 0.2) is 0 Å². The molecule has 0 spiro atoms. The predicted molar refractivity (Wildman–Crippen MR) is 79.9 cm³/mol. The monoisotopic (exact) mass is 282 g/mol. The summed E-state index contributed by atoms with van der Waals surface area (Å²) in [5, 5.41) is 19.3. The lowest BCUT2D eigenvalue weighted by molar-refractivity contribution is 0.280. The number of fused-ring (bicyclic) bond motifs is 1. The Balaban J connectivity index is 2.01. The molecule has 21 heavy (non-hydrogen) atoms. The molecule has 2 aromatic heterocycles. The number of imidazole rings is 1. The number of aromatic amines is 1. The molecule has 3 rings (SSSR count). The van der Waals surface area contributed by atoms with E-state index >= 15 is 0 Å². The van der Waals surface area contributed by atoms with Crippen molar-refractivity contribution in [3.63, 3.8) is 0 Å². The Morgan fingerprint density at radius 1 is 1.33 bits per heavy atom. The van der Waals surface area contributed by atoms with Crippen molar-refractivity contribution in [3.8, 4) is 5.75 Å². The van der Waals surface area contributed by atoms with E-state index in [4.69, 9.17) is 0 Å². The third-order valence-electron chi connectivity index (χ3n) is 3.22. The van der Waals surface area contributed by atoms with Gasteiger partial charge in [-0.2, -0.15) is 0 Å². The lowest BCUT2D eigenvalue weighted by atomic mass is 10.1. The fourth-order valence-corrected chi connectivity index (χ4v) is 2.05. The SMILES string of the molecule is Cc1ncc(CO)c(/C=N/c2nc3ccccc3[nH]2)c1O. The van der Waals surface area contributed by atoms with Crippen molar-refractivity contribution in [1.82, 2.24) is 15.0 Å². The highest BCUT2D eigenvalue weighted by molar-refractivity contribution is 5.87. The molecular formula is C15H14N4O2. The second-order valence-electron chi connectivity index (χ2n) is 4.63. The van der Waals surface area contributed by atoms with Gasteiger partial charge in [0.1, 0.15) is 5.75 Å². The number of nitrogens with zero attached hydrogens (tertiary/aromatic N) is 3. The lowest BCUT2D eigenvalue weighted by Gasteiger charge is -2.06. The van der Waals surface area contributed by atoms with E-state index in [0.29, 0.717) is 22.8 Å². The first-order valence-electron chi connectivity index (χ1n) is 6.46. The highest BCUT2D eigenvalue weighted by Crippen LogP contribution is 2.23. The van der Waals surface area contributed by atoms with E-state index in [1.54, 1.807) is 6.92 Å². The minimum absolute atomic E-state index is 0.0152. The number of aromatic hydroxyl groups is 1. The van der Waals surface area contributed by atoms with E-state index in [-0.39, 0.29) is 12.4 Å². The molecule has 106 valence electrons. The number of benzene rings is 1. The summed E-state index contributed by atoms with van der Waals surface area (Å²) in [7, 11) is 0. The third kappa shape index (κ3) is 2.48. The molecule has 0 bridgehead atoms. The molecular weight excluding hydrogens is 268 g/mol. The Morgan fingerprint density at radius 3 is 2.90 bits per heavy atom. The van der Waals surface area contributed by atoms with E-state index in [9.17, 15) is 10.2 Å². The predicted octanol–water partition coefficient (Wildman–Crippen LogP) is 2.21. The van der Waals surface area contributed by atoms with E-state index in [2.05, 4.69) is 19.9 Å². The van der Waals surface area contributed by atoms with Gasteiger partial charge in [-0.15, -0.1) is 0 Å². The van der Waals surface area contributed by atoms with Crippen LogP contribution in [0.2, 0.25) is 0 Å². The maximum Gasteiger partial charge on any atom is 0.227 e. The first-order chi connectivity index (χ1) is 10.2. The second-order valence-corrected chi connectivity index (χ2v) is 4.63. The first kappa shape index (κ1) is 13.3. The Kier molecular flexibility index (Phi) is 3.37. The molecule has 0 radical (unpaired) electrons. The number of hydrogen-bond donors (Lipinski definition) is 3. The van der Waals surface area contributed by atoms with Crippen LogP contribution in [0, 0.1) is 6.92 Å². The van der Waals surface area contributed by atoms with E-state index in [1.165, 1.54) is 12.4 Å². The van der Waals surface area contributed by atoms with Crippen LogP contribution in [0.25, 0.3) is 11.0 Å². The van der Waals surface area contributed by atoms with Gasteiger partial charge in [-0.1, -0.05) is 12.1 Å². The molecule has 6 heteroatoms. The van der Waals surface area contributed by atoms with Gasteiger partial charge in [-0.3, -0.25) is 4.98 Å². The highest BCUT2D eigenvalue weighted by atomic mass is 16.3. The summed E-state index contributed by atoms with van der Waals surface area (Å²) in [6, 6.07) is 7.61. The topological polar surface area (TPSA) is 94.4 Å². The molecule has 0 aliphatic heterocycles. The molecule has 0 saturated carbocycles. The van der Waals surface area contributed by atoms with E-state index < -0.39 is 0 Å². The summed E-state index contributed by atoms with van der Waals surface area (Å²) < 4.78 is 0. The van der Waals surface area contributed by atoms with E-state index in [0.717, 1.165) is 11.0 Å². The van der Waals surface area contributed by atoms with Crippen LogP contribution < -0.4 is 0 Å². The number of aliphatic hydroxyl groups is 1. The van der Waals surface area contributed by atoms with Gasteiger partial charge in [0.2, 0.25) is 5.95 Å². The zero-order valence-corrected chi connectivity index (χ0v) is 11.4. The highest BCUT2D eigenvalue weighted by Gasteiger charge is 2.09. The minimum atomic E-state index is -0.220. The van der Waals surface area contributed by atoms with Crippen LogP contribution in [-0.2, 0) is 6.61 Å². The number of H-pyrrole nitrogens is 1. The number of pyridine rings is 1. The van der Waals surface area contributed by atoms with Crippen molar-refractivity contribution >= 4 is 23.2 Å². The van der Waals surface area contributed by atoms with Crippen molar-refractivity contribution < 1.29 is 10.2 Å². The van der Waals surface area contributed by atoms with Gasteiger partial charge in [0.05, 0.1) is 23.3 Å². The van der Waals surface area contributed by atoms with Gasteiger partial charge in [0.25, 0.3) is 0 Å². The minimum Gasteiger partial charge on any atom is -0.505 e. The number of nitrogens with one attached hydrogen (secondary N) is 1. The van der Waals surface area contributed by atoms with Crippen molar-refractivity contribution in [3.05, 3.63) is 47.3 Å². The zero-order chi connectivity index (χ0) is 14.8. The average molecular weight is 282 g/mol. The normalized spacial score (nSPS) is 11.5. The number of aliphatic hydroxyl groups excluding tert-OH is 1. The molecule has 2 heterocycles. The summed E-state index contributed by atoms with van der Waals surface area (Å²) in [4.78, 5) is 15.6. The fourth-order valence-electron chi connectivity index (χ4n) is 2.05. The van der Waals surface area contributed by atoms with Gasteiger partial charge in [-0.25, -0.2) is 9.98 Å². The fraction of sp³-hybridized carbons (Fsp3) is 0.133. The molecule has 3 aromatic rings. The average Bonchev–Trinajstić information content (AvgIpc) is 2.91. The van der Waals surface area contributed by atoms with Crippen molar-refractivity contribution in [2.75, 3.05) is 0 Å². The van der Waals surface area contributed by atoms with Gasteiger partial charge >= 0.3 is 0 Å². The number of rotatable bonds is 3. The van der Waals surface area contributed by atoms with Gasteiger partial charge in [-0.05, 0) is 19.1 Å². The molecule has 1 aromatic carbocycles. The summed E-state index contributed by atoms with van der Waals surface area (Å²) in [6.07, 6.45) is 3.00. The Hall–Kier alpha value is -2.73. The molecule has 0 unspecified atom stereocenters. The Morgan fingerprint density at radius 2 is 2.14 bits per heavy atom. The zero-order valence-electron chi connectivity index (χ0n) is 11.4. The summed E-state index contributed by atoms with van der Waals surface area (Å²) in [5.74, 6) is 0.454. The number of aryl methyl sites for hydroxylation is 1. The Labute approximate surface area is 120 Å². The number of aromatic nitrogens is 3. The van der Waals surface area contributed by atoms with Crippen molar-refractivity contribution in [2.45, 2.75) is 13.5 Å². The summed E-state index contributed by atoms with van der Waals surface area (Å²) in [6.45, 7) is 1.47. The van der Waals surface area contributed by atoms with Crippen molar-refractivity contribution in [1.29, 1.82) is 0 Å². The van der Waals surface area contributed by atoms with Gasteiger partial charge < -0.3 is 15.2 Å². The van der Waals surface area contributed by atoms with Crippen LogP contribution in [0.3, 0.4) is 0 Å². The molecule has 0 aliphatic rings. The summed E-state index contributed by atoms with van der Waals surface area (Å²) in [5.41, 5.74) is 3.16. The maximum atomic E-state index is 10.0. The smallest absolute Gasteiger partial charge is 0.227 e. The van der Waals surface area contributed by atoms with Crippen LogP contribution >= 0.6 is 0 Å². The molecule has 0 atom stereocenters. The van der Waals surface area contributed by atoms with Crippen LogP contribution in [-0.4, -0.2) is 31.4 Å². The largest absolute Gasteiger partial charge is 0.505 e.